The molecular weight excluding hydrogens is 522 g/mol. The molecule has 4 heterocycles. The highest BCUT2D eigenvalue weighted by Gasteiger charge is 2.29. The summed E-state index contributed by atoms with van der Waals surface area (Å²) in [5, 5.41) is 10.4. The van der Waals surface area contributed by atoms with Gasteiger partial charge in [0.15, 0.2) is 0 Å². The third-order valence-corrected chi connectivity index (χ3v) is 7.71. The molecule has 1 amide bonds. The van der Waals surface area contributed by atoms with Crippen LogP contribution in [0.1, 0.15) is 71.5 Å². The Morgan fingerprint density at radius 3 is 2.51 bits per heavy atom. The lowest BCUT2D eigenvalue weighted by Crippen LogP contribution is -2.37. The van der Waals surface area contributed by atoms with Gasteiger partial charge in [-0.05, 0) is 72.4 Å². The van der Waals surface area contributed by atoms with Crippen LogP contribution >= 0.6 is 0 Å². The van der Waals surface area contributed by atoms with Crippen LogP contribution in [0.3, 0.4) is 0 Å². The zero-order valence-corrected chi connectivity index (χ0v) is 25.0. The average molecular weight is 564 g/mol. The largest absolute Gasteiger partial charge is 0.473 e. The number of likely N-dealkylation sites (N-methyl/N-ethyl adjacent to an activating group) is 1. The van der Waals surface area contributed by atoms with Gasteiger partial charge in [-0.2, -0.15) is 5.10 Å². The number of aryl methyl sites for hydroxylation is 1. The van der Waals surface area contributed by atoms with Gasteiger partial charge in [-0.25, -0.2) is 14.5 Å². The van der Waals surface area contributed by atoms with Crippen molar-refractivity contribution in [3.8, 4) is 5.88 Å². The minimum absolute atomic E-state index is 0.0223. The van der Waals surface area contributed by atoms with Crippen LogP contribution in [-0.4, -0.2) is 73.9 Å². The number of carbonyl (C=O) groups is 1. The maximum atomic E-state index is 13.0. The van der Waals surface area contributed by atoms with E-state index in [1.807, 2.05) is 40.0 Å². The van der Waals surface area contributed by atoms with Crippen molar-refractivity contribution < 1.29 is 14.3 Å². The number of rotatable bonds is 6. The molecule has 41 heavy (non-hydrogen) atoms. The number of hydrogen-bond acceptors (Lipinski definition) is 8. The van der Waals surface area contributed by atoms with Crippen molar-refractivity contribution in [2.45, 2.75) is 77.5 Å². The summed E-state index contributed by atoms with van der Waals surface area (Å²) in [5.41, 5.74) is 2.41. The lowest BCUT2D eigenvalue weighted by atomic mass is 9.93. The first kappa shape index (κ1) is 28.8. The molecule has 0 radical (unpaired) electrons. The Morgan fingerprint density at radius 1 is 1.12 bits per heavy atom. The smallest absolute Gasteiger partial charge is 0.415 e. The van der Waals surface area contributed by atoms with E-state index in [-0.39, 0.29) is 17.7 Å². The molecule has 1 fully saturated rings. The minimum atomic E-state index is -0.602. The second-order valence-electron chi connectivity index (χ2n) is 12.0. The fourth-order valence-corrected chi connectivity index (χ4v) is 5.49. The van der Waals surface area contributed by atoms with Gasteiger partial charge in [0.05, 0.1) is 17.3 Å². The summed E-state index contributed by atoms with van der Waals surface area (Å²) in [6, 6.07) is 5.27. The van der Waals surface area contributed by atoms with Crippen molar-refractivity contribution in [2.24, 2.45) is 7.05 Å². The van der Waals surface area contributed by atoms with Crippen LogP contribution in [0.2, 0.25) is 0 Å². The van der Waals surface area contributed by atoms with Gasteiger partial charge >= 0.3 is 6.09 Å². The van der Waals surface area contributed by atoms with Crippen LogP contribution in [0, 0.1) is 0 Å². The third-order valence-electron chi connectivity index (χ3n) is 7.71. The normalized spacial score (nSPS) is 20.1. The number of hydrogen-bond donors (Lipinski definition) is 0. The van der Waals surface area contributed by atoms with Crippen LogP contribution in [-0.2, 0) is 11.8 Å². The first-order chi connectivity index (χ1) is 19.5. The molecule has 3 aromatic heterocycles. The molecule has 5 rings (SSSR count). The van der Waals surface area contributed by atoms with Crippen molar-refractivity contribution in [2.75, 3.05) is 31.6 Å². The summed E-state index contributed by atoms with van der Waals surface area (Å²) in [7, 11) is 3.75. The van der Waals surface area contributed by atoms with Crippen LogP contribution in [0.5, 0.6) is 5.88 Å². The maximum absolute atomic E-state index is 13.0. The summed E-state index contributed by atoms with van der Waals surface area (Å²) in [5.74, 6) is 1.02. The van der Waals surface area contributed by atoms with Crippen LogP contribution in [0.4, 0.5) is 10.6 Å². The molecule has 0 N–H and O–H groups in total. The maximum Gasteiger partial charge on any atom is 0.415 e. The highest BCUT2D eigenvalue weighted by atomic mass is 16.6. The van der Waals surface area contributed by atoms with E-state index >= 15 is 0 Å². The number of nitrogens with zero attached hydrogens (tertiary/aromatic N) is 7. The van der Waals surface area contributed by atoms with E-state index in [0.29, 0.717) is 18.2 Å². The summed E-state index contributed by atoms with van der Waals surface area (Å²) in [4.78, 5) is 33.3. The highest BCUT2D eigenvalue weighted by molar-refractivity contribution is 5.94. The first-order valence-electron chi connectivity index (χ1n) is 14.5. The fraction of sp³-hybridized carbons (Fsp3) is 0.567. The first-order valence-corrected chi connectivity index (χ1v) is 14.5. The van der Waals surface area contributed by atoms with Crippen molar-refractivity contribution in [1.29, 1.82) is 0 Å². The van der Waals surface area contributed by atoms with E-state index in [0.717, 1.165) is 61.8 Å². The van der Waals surface area contributed by atoms with E-state index < -0.39 is 11.7 Å². The second-order valence-corrected chi connectivity index (χ2v) is 12.0. The van der Waals surface area contributed by atoms with Gasteiger partial charge < -0.3 is 14.4 Å². The molecule has 0 unspecified atom stereocenters. The number of aromatic nitrogens is 5. The Balaban J connectivity index is 1.44. The molecule has 11 nitrogen and oxygen atoms in total. The van der Waals surface area contributed by atoms with Gasteiger partial charge in [-0.3, -0.25) is 14.4 Å². The van der Waals surface area contributed by atoms with E-state index in [1.54, 1.807) is 18.0 Å². The summed E-state index contributed by atoms with van der Waals surface area (Å²) < 4.78 is 15.2. The summed E-state index contributed by atoms with van der Waals surface area (Å²) >= 11 is 0. The molecule has 0 saturated heterocycles. The monoisotopic (exact) mass is 563 g/mol. The van der Waals surface area contributed by atoms with Crippen molar-refractivity contribution in [1.82, 2.24) is 29.4 Å². The molecule has 220 valence electrons. The molecule has 3 aromatic rings. The standard InChI is InChI=1S/C30H41N7O4/c1-7-36(29(39)41-30(2,3)4)25-18-24-23(19-31-25)28(20-14-16-34(5)17-15-20)33-37(24)21-8-10-22(11-9-21)40-26-12-13-27(38)35(6)32-26/h12-14,18-19,21-22H,7-11,15-17H2,1-6H3/t21-,22+. The molecule has 11 heteroatoms. The molecule has 2 aliphatic rings. The number of carbonyl (C=O) groups excluding carboxylic acids is 1. The molecule has 1 saturated carbocycles. The van der Waals surface area contributed by atoms with E-state index in [1.165, 1.54) is 16.3 Å². The Morgan fingerprint density at radius 2 is 1.88 bits per heavy atom. The van der Waals surface area contributed by atoms with Crippen LogP contribution < -0.4 is 15.2 Å². The van der Waals surface area contributed by atoms with E-state index in [9.17, 15) is 9.59 Å². The van der Waals surface area contributed by atoms with E-state index in [4.69, 9.17) is 19.6 Å². The topological polar surface area (TPSA) is 108 Å². The molecule has 0 spiro atoms. The Labute approximate surface area is 240 Å². The van der Waals surface area contributed by atoms with Crippen molar-refractivity contribution >= 4 is 28.4 Å². The SMILES string of the molecule is CCN(C(=O)OC(C)(C)C)c1cc2c(cn1)c(C1=CCN(C)CC1)nn2[C@H]1CC[C@@H](Oc2ccc(=O)n(C)n2)CC1. The van der Waals surface area contributed by atoms with Gasteiger partial charge in [0.25, 0.3) is 5.56 Å². The molecule has 0 aromatic carbocycles. The average Bonchev–Trinajstić information content (AvgIpc) is 3.30. The molecule has 1 aliphatic carbocycles. The molecule has 0 bridgehead atoms. The second kappa shape index (κ2) is 11.6. The van der Waals surface area contributed by atoms with Crippen LogP contribution in [0.15, 0.2) is 35.3 Å². The molecule has 0 atom stereocenters. The lowest BCUT2D eigenvalue weighted by Gasteiger charge is -2.29. The van der Waals surface area contributed by atoms with Gasteiger partial charge in [0.1, 0.15) is 17.5 Å². The zero-order chi connectivity index (χ0) is 29.3. The van der Waals surface area contributed by atoms with Crippen LogP contribution in [0.25, 0.3) is 16.5 Å². The predicted octanol–water partition coefficient (Wildman–Crippen LogP) is 4.57. The number of anilines is 1. The Hall–Kier alpha value is -3.73. The fourth-order valence-electron chi connectivity index (χ4n) is 5.49. The van der Waals surface area contributed by atoms with Crippen molar-refractivity contribution in [3.05, 3.63) is 46.5 Å². The van der Waals surface area contributed by atoms with E-state index in [2.05, 4.69) is 27.8 Å². The summed E-state index contributed by atoms with van der Waals surface area (Å²) in [6.07, 6.45) is 8.10. The van der Waals surface area contributed by atoms with Gasteiger partial charge in [0.2, 0.25) is 5.88 Å². The third kappa shape index (κ3) is 6.45. The van der Waals surface area contributed by atoms with Crippen molar-refractivity contribution in [3.63, 3.8) is 0 Å². The predicted molar refractivity (Wildman–Crippen MR) is 158 cm³/mol. The quantitative estimate of drug-likeness (QED) is 0.429. The lowest BCUT2D eigenvalue weighted by molar-refractivity contribution is 0.0581. The molecular formula is C30H41N7O4. The number of fused-ring (bicyclic) bond motifs is 1. The van der Waals surface area contributed by atoms with Gasteiger partial charge in [-0.1, -0.05) is 6.08 Å². The van der Waals surface area contributed by atoms with Gasteiger partial charge in [0, 0.05) is 56.5 Å². The summed E-state index contributed by atoms with van der Waals surface area (Å²) in [6.45, 7) is 9.81. The number of pyridine rings is 1. The molecule has 1 aliphatic heterocycles. The van der Waals surface area contributed by atoms with Gasteiger partial charge in [-0.15, -0.1) is 5.10 Å². The minimum Gasteiger partial charge on any atom is -0.473 e. The highest BCUT2D eigenvalue weighted by Crippen LogP contribution is 2.36. The number of amides is 1. The Bertz CT molecular complexity index is 1490. The zero-order valence-electron chi connectivity index (χ0n) is 25.0. The number of ether oxygens (including phenoxy) is 2. The Kier molecular flexibility index (Phi) is 8.17.